The lowest BCUT2D eigenvalue weighted by atomic mass is 10.1. The minimum atomic E-state index is -0.315. The van der Waals surface area contributed by atoms with Gasteiger partial charge in [0.25, 0.3) is 0 Å². The van der Waals surface area contributed by atoms with Crippen LogP contribution >= 0.6 is 0 Å². The van der Waals surface area contributed by atoms with Crippen LogP contribution < -0.4 is 0 Å². The number of hydrogen-bond acceptors (Lipinski definition) is 3. The molecule has 0 bridgehead atoms. The largest absolute Gasteiger partial charge is 0.384 e. The molecule has 0 spiro atoms. The van der Waals surface area contributed by atoms with Gasteiger partial charge >= 0.3 is 0 Å². The Kier molecular flexibility index (Phi) is 5.44. The lowest BCUT2D eigenvalue weighted by Gasteiger charge is -2.16. The Balaban J connectivity index is 2.06. The third-order valence-corrected chi connectivity index (χ3v) is 2.90. The Morgan fingerprint density at radius 1 is 1.24 bits per heavy atom. The summed E-state index contributed by atoms with van der Waals surface area (Å²) in [6.45, 7) is 1.12. The fourth-order valence-electron chi connectivity index (χ4n) is 2.13. The summed E-state index contributed by atoms with van der Waals surface area (Å²) in [6.07, 6.45) is 3.56. The van der Waals surface area contributed by atoms with Crippen LogP contribution in [0.15, 0.2) is 42.7 Å². The van der Waals surface area contributed by atoms with E-state index in [-0.39, 0.29) is 12.4 Å². The van der Waals surface area contributed by atoms with Gasteiger partial charge in [0.2, 0.25) is 0 Å². The topological polar surface area (TPSA) is 36.4 Å². The molecule has 0 amide bonds. The van der Waals surface area contributed by atoms with E-state index in [4.69, 9.17) is 5.11 Å². The Hall–Kier alpha value is -2.22. The number of halogens is 1. The zero-order valence-corrected chi connectivity index (χ0v) is 11.9. The molecule has 21 heavy (non-hydrogen) atoms. The van der Waals surface area contributed by atoms with Crippen molar-refractivity contribution in [2.24, 2.45) is 0 Å². The standard InChI is InChI=1S/C17H17FN2O/c1-20(12-15-4-2-6-19-11-15)13-16-8-14(5-3-7-21)9-17(18)10-16/h2,4,6,8-11,21H,7,12-13H2,1H3. The zero-order valence-electron chi connectivity index (χ0n) is 11.9. The molecule has 0 saturated carbocycles. The first kappa shape index (κ1) is 15.2. The summed E-state index contributed by atoms with van der Waals surface area (Å²) in [5, 5.41) is 8.69. The Morgan fingerprint density at radius 2 is 2.05 bits per heavy atom. The van der Waals surface area contributed by atoms with E-state index in [1.165, 1.54) is 12.1 Å². The molecule has 3 nitrogen and oxygen atoms in total. The molecule has 0 atom stereocenters. The monoisotopic (exact) mass is 284 g/mol. The molecule has 1 N–H and O–H groups in total. The van der Waals surface area contributed by atoms with Crippen molar-refractivity contribution in [1.29, 1.82) is 0 Å². The summed E-state index contributed by atoms with van der Waals surface area (Å²) in [5.41, 5.74) is 2.54. The first-order valence-electron chi connectivity index (χ1n) is 6.64. The summed E-state index contributed by atoms with van der Waals surface area (Å²) < 4.78 is 13.6. The number of nitrogens with zero attached hydrogens (tertiary/aromatic N) is 2. The highest BCUT2D eigenvalue weighted by atomic mass is 19.1. The van der Waals surface area contributed by atoms with E-state index in [1.54, 1.807) is 6.20 Å². The quantitative estimate of drug-likeness (QED) is 0.874. The van der Waals surface area contributed by atoms with E-state index < -0.39 is 0 Å². The SMILES string of the molecule is CN(Cc1cccnc1)Cc1cc(F)cc(C#CCO)c1. The summed E-state index contributed by atoms with van der Waals surface area (Å²) in [5.74, 6) is 4.94. The molecule has 1 heterocycles. The maximum Gasteiger partial charge on any atom is 0.124 e. The second kappa shape index (κ2) is 7.53. The maximum absolute atomic E-state index is 13.6. The van der Waals surface area contributed by atoms with Crippen molar-refractivity contribution in [2.75, 3.05) is 13.7 Å². The van der Waals surface area contributed by atoms with Gasteiger partial charge in [0.05, 0.1) is 0 Å². The van der Waals surface area contributed by atoms with Gasteiger partial charge in [-0.2, -0.15) is 0 Å². The fourth-order valence-corrected chi connectivity index (χ4v) is 2.13. The van der Waals surface area contributed by atoms with Crippen LogP contribution in [0.5, 0.6) is 0 Å². The van der Waals surface area contributed by atoms with Gasteiger partial charge in [0.15, 0.2) is 0 Å². The molecule has 1 aromatic carbocycles. The summed E-state index contributed by atoms with van der Waals surface area (Å²) in [6, 6.07) is 8.61. The number of hydrogen-bond donors (Lipinski definition) is 1. The predicted octanol–water partition coefficient (Wildman–Crippen LogP) is 2.20. The van der Waals surface area contributed by atoms with Crippen molar-refractivity contribution < 1.29 is 9.50 Å². The third-order valence-electron chi connectivity index (χ3n) is 2.90. The number of aliphatic hydroxyl groups is 1. The van der Waals surface area contributed by atoms with Gasteiger partial charge in [0.1, 0.15) is 12.4 Å². The van der Waals surface area contributed by atoms with E-state index in [9.17, 15) is 4.39 Å². The normalized spacial score (nSPS) is 10.3. The minimum Gasteiger partial charge on any atom is -0.384 e. The Morgan fingerprint density at radius 3 is 2.76 bits per heavy atom. The molecule has 1 aromatic heterocycles. The van der Waals surface area contributed by atoms with E-state index in [0.29, 0.717) is 12.1 Å². The number of pyridine rings is 1. The van der Waals surface area contributed by atoms with Crippen molar-refractivity contribution in [3.05, 3.63) is 65.2 Å². The van der Waals surface area contributed by atoms with Crippen LogP contribution in [-0.4, -0.2) is 28.6 Å². The number of rotatable bonds is 4. The van der Waals surface area contributed by atoms with Gasteiger partial charge < -0.3 is 5.11 Å². The van der Waals surface area contributed by atoms with Crippen LogP contribution in [0.1, 0.15) is 16.7 Å². The van der Waals surface area contributed by atoms with Gasteiger partial charge in [-0.05, 0) is 42.4 Å². The molecule has 0 fully saturated rings. The van der Waals surface area contributed by atoms with Crippen molar-refractivity contribution >= 4 is 0 Å². The highest BCUT2D eigenvalue weighted by Crippen LogP contribution is 2.12. The lowest BCUT2D eigenvalue weighted by molar-refractivity contribution is 0.318. The van der Waals surface area contributed by atoms with Crippen LogP contribution in [0.25, 0.3) is 0 Å². The van der Waals surface area contributed by atoms with Gasteiger partial charge in [-0.1, -0.05) is 17.9 Å². The Labute approximate surface area is 124 Å². The predicted molar refractivity (Wildman–Crippen MR) is 79.8 cm³/mol. The molecule has 0 aliphatic heterocycles. The molecule has 0 radical (unpaired) electrons. The van der Waals surface area contributed by atoms with Crippen LogP contribution in [-0.2, 0) is 13.1 Å². The first-order chi connectivity index (χ1) is 10.2. The van der Waals surface area contributed by atoms with E-state index in [0.717, 1.165) is 17.7 Å². The van der Waals surface area contributed by atoms with Gasteiger partial charge in [0, 0.05) is 31.0 Å². The highest BCUT2D eigenvalue weighted by Gasteiger charge is 2.04. The average Bonchev–Trinajstić information content (AvgIpc) is 2.45. The van der Waals surface area contributed by atoms with Crippen molar-refractivity contribution in [1.82, 2.24) is 9.88 Å². The Bertz CT molecular complexity index is 647. The zero-order chi connectivity index (χ0) is 15.1. The van der Waals surface area contributed by atoms with Crippen LogP contribution in [0.3, 0.4) is 0 Å². The number of benzene rings is 1. The maximum atomic E-state index is 13.6. The average molecular weight is 284 g/mol. The highest BCUT2D eigenvalue weighted by molar-refractivity contribution is 5.37. The van der Waals surface area contributed by atoms with E-state index >= 15 is 0 Å². The third kappa shape index (κ3) is 4.99. The molecule has 0 aliphatic rings. The van der Waals surface area contributed by atoms with Gasteiger partial charge in [-0.3, -0.25) is 9.88 Å². The van der Waals surface area contributed by atoms with Crippen molar-refractivity contribution in [2.45, 2.75) is 13.1 Å². The number of aliphatic hydroxyl groups excluding tert-OH is 1. The fraction of sp³-hybridized carbons (Fsp3) is 0.235. The van der Waals surface area contributed by atoms with Crippen LogP contribution in [0.4, 0.5) is 4.39 Å². The van der Waals surface area contributed by atoms with E-state index in [2.05, 4.69) is 21.7 Å². The minimum absolute atomic E-state index is 0.229. The van der Waals surface area contributed by atoms with Gasteiger partial charge in [-0.25, -0.2) is 4.39 Å². The molecule has 0 aliphatic carbocycles. The molecule has 2 aromatic rings. The summed E-state index contributed by atoms with van der Waals surface area (Å²) in [7, 11) is 1.97. The molecule has 2 rings (SSSR count). The van der Waals surface area contributed by atoms with Crippen molar-refractivity contribution in [3.63, 3.8) is 0 Å². The molecule has 4 heteroatoms. The second-order valence-corrected chi connectivity index (χ2v) is 4.84. The second-order valence-electron chi connectivity index (χ2n) is 4.84. The first-order valence-corrected chi connectivity index (χ1v) is 6.64. The summed E-state index contributed by atoms with van der Waals surface area (Å²) >= 11 is 0. The van der Waals surface area contributed by atoms with Crippen molar-refractivity contribution in [3.8, 4) is 11.8 Å². The number of aromatic nitrogens is 1. The van der Waals surface area contributed by atoms with Crippen LogP contribution in [0.2, 0.25) is 0 Å². The van der Waals surface area contributed by atoms with E-state index in [1.807, 2.05) is 31.4 Å². The molecule has 0 unspecified atom stereocenters. The lowest BCUT2D eigenvalue weighted by Crippen LogP contribution is -2.17. The molecule has 108 valence electrons. The molecular formula is C17H17FN2O. The van der Waals surface area contributed by atoms with Crippen LogP contribution in [0, 0.1) is 17.7 Å². The molecular weight excluding hydrogens is 267 g/mol. The summed E-state index contributed by atoms with van der Waals surface area (Å²) in [4.78, 5) is 6.16. The molecule has 0 saturated heterocycles. The smallest absolute Gasteiger partial charge is 0.124 e. The van der Waals surface area contributed by atoms with Gasteiger partial charge in [-0.15, -0.1) is 0 Å².